The summed E-state index contributed by atoms with van der Waals surface area (Å²) in [5.74, 6) is -0.696. The van der Waals surface area contributed by atoms with Gasteiger partial charge in [-0.25, -0.2) is 0 Å². The smallest absolute Gasteiger partial charge is 0.233 e. The van der Waals surface area contributed by atoms with Gasteiger partial charge in [-0.2, -0.15) is 0 Å². The fraction of sp³-hybridized carbons (Fsp3) is 0. The zero-order chi connectivity index (χ0) is 43.7. The molecule has 0 radical (unpaired) electrons. The van der Waals surface area contributed by atoms with Crippen LogP contribution < -0.4 is 9.47 Å². The van der Waals surface area contributed by atoms with Crippen molar-refractivity contribution in [2.24, 2.45) is 0 Å². The molecule has 8 nitrogen and oxygen atoms in total. The number of carbonyl (C=O) groups excluding carboxylic acids is 6. The van der Waals surface area contributed by atoms with E-state index >= 15 is 0 Å². The van der Waals surface area contributed by atoms with Crippen LogP contribution in [0.1, 0.15) is 73.3 Å². The van der Waals surface area contributed by atoms with E-state index in [1.54, 1.807) is 182 Å². The van der Waals surface area contributed by atoms with E-state index in [4.69, 9.17) is 9.47 Å². The summed E-state index contributed by atoms with van der Waals surface area (Å²) >= 11 is 1.50. The first-order valence-corrected chi connectivity index (χ1v) is 20.5. The van der Waals surface area contributed by atoms with Crippen LogP contribution in [0.25, 0.3) is 0 Å². The van der Waals surface area contributed by atoms with Crippen LogP contribution in [0.3, 0.4) is 0 Å². The van der Waals surface area contributed by atoms with Crippen LogP contribution in [0.2, 0.25) is 0 Å². The lowest BCUT2D eigenvalue weighted by atomic mass is 10.0. The lowest BCUT2D eigenvalue weighted by Gasteiger charge is -2.09. The highest BCUT2D eigenvalue weighted by Crippen LogP contribution is 2.30. The molecule has 0 unspecified atom stereocenters. The first kappa shape index (κ1) is 41.5. The van der Waals surface area contributed by atoms with Crippen LogP contribution in [0.15, 0.2) is 216 Å². The zero-order valence-electron chi connectivity index (χ0n) is 33.3. The number of ketones is 6. The van der Waals surface area contributed by atoms with E-state index in [1.165, 1.54) is 11.8 Å². The Morgan fingerprint density at radius 3 is 0.746 bits per heavy atom. The van der Waals surface area contributed by atoms with Gasteiger partial charge in [0.2, 0.25) is 23.1 Å². The summed E-state index contributed by atoms with van der Waals surface area (Å²) < 4.78 is 11.8. The largest absolute Gasteiger partial charge is 0.457 e. The second kappa shape index (κ2) is 19.0. The summed E-state index contributed by atoms with van der Waals surface area (Å²) in [5, 5.41) is 0. The van der Waals surface area contributed by atoms with Crippen molar-refractivity contribution >= 4 is 46.5 Å². The summed E-state index contributed by atoms with van der Waals surface area (Å²) in [4.78, 5) is 78.7. The molecule has 0 saturated heterocycles. The molecule has 0 N–H and O–H groups in total. The fourth-order valence-corrected chi connectivity index (χ4v) is 7.31. The molecule has 0 aromatic heterocycles. The predicted octanol–water partition coefficient (Wildman–Crippen LogP) is 12.0. The molecule has 0 aliphatic heterocycles. The highest BCUT2D eigenvalue weighted by Gasteiger charge is 2.20. The lowest BCUT2D eigenvalue weighted by molar-refractivity contribution is 0.0817. The van der Waals surface area contributed by atoms with Gasteiger partial charge in [-0.1, -0.05) is 72.4 Å². The van der Waals surface area contributed by atoms with Crippen molar-refractivity contribution in [1.82, 2.24) is 0 Å². The molecule has 0 atom stereocenters. The van der Waals surface area contributed by atoms with E-state index in [1.807, 2.05) is 24.3 Å². The van der Waals surface area contributed by atoms with Crippen molar-refractivity contribution in [3.05, 3.63) is 251 Å². The molecule has 63 heavy (non-hydrogen) atoms. The van der Waals surface area contributed by atoms with Gasteiger partial charge in [0.1, 0.15) is 23.0 Å². The number of hydrogen-bond acceptors (Lipinski definition) is 9. The first-order chi connectivity index (χ1) is 30.7. The standard InChI is InChI=1S/C54H34O8S/c55-49(37-11-23-43(24-12-37)61-45-27-15-41(16-28-45)53(59)51(57)35-7-3-1-4-8-35)39-19-31-47(32-20-39)63-48-33-21-40(22-34-48)50(56)38-13-25-44(26-14-38)62-46-29-17-42(18-30-46)54(60)52(58)36-9-5-2-6-10-36/h1-34H. The van der Waals surface area contributed by atoms with Crippen molar-refractivity contribution < 1.29 is 38.2 Å². The molecule has 0 aliphatic carbocycles. The molecule has 8 aromatic rings. The van der Waals surface area contributed by atoms with Gasteiger partial charge in [-0.15, -0.1) is 0 Å². The Morgan fingerprint density at radius 2 is 0.476 bits per heavy atom. The number of Topliss-reactive ketones (excluding diaryl/α,β-unsaturated/α-hetero) is 4. The normalized spacial score (nSPS) is 10.7. The Morgan fingerprint density at radius 1 is 0.254 bits per heavy atom. The quantitative estimate of drug-likeness (QED) is 0.0691. The summed E-state index contributed by atoms with van der Waals surface area (Å²) in [6.07, 6.45) is 0. The predicted molar refractivity (Wildman–Crippen MR) is 240 cm³/mol. The van der Waals surface area contributed by atoms with Crippen LogP contribution >= 0.6 is 11.8 Å². The molecule has 0 heterocycles. The molecule has 0 amide bonds. The molecule has 8 rings (SSSR count). The SMILES string of the molecule is O=C(C(=O)c1ccc(Oc2ccc(C(=O)c3ccc(Sc4ccc(C(=O)c5ccc(Oc6ccc(C(=O)C(=O)c7ccccc7)cc6)cc5)cc4)cc3)cc2)cc1)c1ccccc1. The van der Waals surface area contributed by atoms with Crippen molar-refractivity contribution in [3.8, 4) is 23.0 Å². The van der Waals surface area contributed by atoms with Gasteiger partial charge in [0.25, 0.3) is 0 Å². The average Bonchev–Trinajstić information content (AvgIpc) is 3.34. The zero-order valence-corrected chi connectivity index (χ0v) is 34.1. The topological polar surface area (TPSA) is 121 Å². The van der Waals surface area contributed by atoms with Crippen molar-refractivity contribution in [3.63, 3.8) is 0 Å². The highest BCUT2D eigenvalue weighted by molar-refractivity contribution is 7.99. The van der Waals surface area contributed by atoms with Crippen LogP contribution in [0, 0.1) is 0 Å². The summed E-state index contributed by atoms with van der Waals surface area (Å²) in [6.45, 7) is 0. The third kappa shape index (κ3) is 10.0. The second-order valence-electron chi connectivity index (χ2n) is 14.2. The Balaban J connectivity index is 0.811. The van der Waals surface area contributed by atoms with Crippen molar-refractivity contribution in [1.29, 1.82) is 0 Å². The lowest BCUT2D eigenvalue weighted by Crippen LogP contribution is -2.14. The summed E-state index contributed by atoms with van der Waals surface area (Å²) in [6, 6.07) is 57.6. The van der Waals surface area contributed by atoms with Crippen molar-refractivity contribution in [2.75, 3.05) is 0 Å². The minimum atomic E-state index is -0.600. The van der Waals surface area contributed by atoms with Crippen LogP contribution in [0.4, 0.5) is 0 Å². The maximum absolute atomic E-state index is 13.3. The second-order valence-corrected chi connectivity index (χ2v) is 15.3. The van der Waals surface area contributed by atoms with Gasteiger partial charge in [-0.05, 0) is 146 Å². The monoisotopic (exact) mass is 842 g/mol. The number of carbonyl (C=O) groups is 6. The maximum atomic E-state index is 13.3. The number of rotatable bonds is 16. The van der Waals surface area contributed by atoms with E-state index in [0.29, 0.717) is 56.4 Å². The van der Waals surface area contributed by atoms with E-state index in [-0.39, 0.29) is 22.7 Å². The molecular formula is C54H34O8S. The Bertz CT molecular complexity index is 2740. The molecular weight excluding hydrogens is 809 g/mol. The maximum Gasteiger partial charge on any atom is 0.233 e. The Kier molecular flexibility index (Phi) is 12.5. The first-order valence-electron chi connectivity index (χ1n) is 19.7. The molecule has 0 bridgehead atoms. The van der Waals surface area contributed by atoms with Gasteiger partial charge in [-0.3, -0.25) is 28.8 Å². The van der Waals surface area contributed by atoms with Crippen LogP contribution in [0.5, 0.6) is 23.0 Å². The molecule has 0 saturated carbocycles. The molecule has 0 aliphatic rings. The molecule has 0 fully saturated rings. The number of ether oxygens (including phenoxy) is 2. The minimum Gasteiger partial charge on any atom is -0.457 e. The molecule has 0 spiro atoms. The Labute approximate surface area is 366 Å². The fourth-order valence-electron chi connectivity index (χ4n) is 6.49. The van der Waals surface area contributed by atoms with Gasteiger partial charge < -0.3 is 9.47 Å². The molecule has 8 aromatic carbocycles. The number of benzene rings is 8. The van der Waals surface area contributed by atoms with E-state index in [0.717, 1.165) is 9.79 Å². The van der Waals surface area contributed by atoms with Crippen molar-refractivity contribution in [2.45, 2.75) is 9.79 Å². The van der Waals surface area contributed by atoms with Gasteiger partial charge in [0.05, 0.1) is 0 Å². The van der Waals surface area contributed by atoms with Gasteiger partial charge >= 0.3 is 0 Å². The van der Waals surface area contributed by atoms with Crippen LogP contribution in [-0.2, 0) is 0 Å². The summed E-state index contributed by atoms with van der Waals surface area (Å²) in [5.41, 5.74) is 3.22. The van der Waals surface area contributed by atoms with Gasteiger partial charge in [0.15, 0.2) is 11.6 Å². The van der Waals surface area contributed by atoms with E-state index in [9.17, 15) is 28.8 Å². The third-order valence-corrected chi connectivity index (χ3v) is 10.9. The average molecular weight is 843 g/mol. The minimum absolute atomic E-state index is 0.147. The third-order valence-electron chi connectivity index (χ3n) is 9.89. The molecule has 9 heteroatoms. The van der Waals surface area contributed by atoms with E-state index in [2.05, 4.69) is 0 Å². The number of hydrogen-bond donors (Lipinski definition) is 0. The van der Waals surface area contributed by atoms with E-state index < -0.39 is 23.1 Å². The summed E-state index contributed by atoms with van der Waals surface area (Å²) in [7, 11) is 0. The molecule has 304 valence electrons. The Hall–Kier alpha value is -8.27. The highest BCUT2D eigenvalue weighted by atomic mass is 32.2. The van der Waals surface area contributed by atoms with Gasteiger partial charge in [0, 0.05) is 54.3 Å². The van der Waals surface area contributed by atoms with Crippen LogP contribution in [-0.4, -0.2) is 34.7 Å².